The lowest BCUT2D eigenvalue weighted by atomic mass is 10.1. The lowest BCUT2D eigenvalue weighted by Crippen LogP contribution is -2.28. The Hall–Kier alpha value is -2.87. The quantitative estimate of drug-likeness (QED) is 0.607. The first kappa shape index (κ1) is 19.5. The highest BCUT2D eigenvalue weighted by Crippen LogP contribution is 2.19. The van der Waals surface area contributed by atoms with Crippen LogP contribution >= 0.6 is 0 Å². The lowest BCUT2D eigenvalue weighted by molar-refractivity contribution is 0.0956. The third-order valence-electron chi connectivity index (χ3n) is 4.16. The van der Waals surface area contributed by atoms with E-state index in [-0.39, 0.29) is 17.5 Å². The van der Waals surface area contributed by atoms with Crippen molar-refractivity contribution in [2.75, 3.05) is 0 Å². The zero-order valence-corrected chi connectivity index (χ0v) is 16.2. The lowest BCUT2D eigenvalue weighted by Gasteiger charge is -2.08. The summed E-state index contributed by atoms with van der Waals surface area (Å²) in [4.78, 5) is 17.4. The molecule has 0 atom stereocenters. The van der Waals surface area contributed by atoms with Crippen LogP contribution < -0.4 is 5.49 Å². The molecule has 5 heteroatoms. The van der Waals surface area contributed by atoms with Crippen molar-refractivity contribution in [2.45, 2.75) is 53.6 Å². The molecule has 0 unspecified atom stereocenters. The number of allylic oxidation sites excluding steroid dienone is 1. The molecule has 5 nitrogen and oxygen atoms in total. The fourth-order valence-corrected chi connectivity index (χ4v) is 2.94. The first-order valence-corrected chi connectivity index (χ1v) is 8.93. The number of nitrogens with zero attached hydrogens (tertiary/aromatic N) is 4. The van der Waals surface area contributed by atoms with Crippen LogP contribution in [0.15, 0.2) is 41.0 Å². The Morgan fingerprint density at radius 3 is 2.69 bits per heavy atom. The topological polar surface area (TPSA) is 63.1 Å². The fraction of sp³-hybridized carbons (Fsp3) is 0.381. The molecule has 0 saturated heterocycles. The standard InChI is InChI=1S/C21H26N4O/c1-6-10-24-16(4)12-18(17(24)5)13-19(14-22)21(26)25-11-8-7-9-20(25)23-15(2)3/h7-9,11-13,15H,6,10H2,1-5H3/b19-13+,23-20?. The molecule has 0 bridgehead atoms. The summed E-state index contributed by atoms with van der Waals surface area (Å²) in [5.74, 6) is -0.368. The summed E-state index contributed by atoms with van der Waals surface area (Å²) in [5.41, 5.74) is 3.74. The van der Waals surface area contributed by atoms with Crippen LogP contribution in [0.2, 0.25) is 0 Å². The van der Waals surface area contributed by atoms with Crippen molar-refractivity contribution in [1.29, 1.82) is 5.26 Å². The van der Waals surface area contributed by atoms with Crippen molar-refractivity contribution in [1.82, 2.24) is 9.13 Å². The molecule has 26 heavy (non-hydrogen) atoms. The molecule has 2 heterocycles. The van der Waals surface area contributed by atoms with Gasteiger partial charge in [-0.2, -0.15) is 5.26 Å². The fourth-order valence-electron chi connectivity index (χ4n) is 2.94. The Morgan fingerprint density at radius 1 is 1.35 bits per heavy atom. The Labute approximate surface area is 154 Å². The molecule has 0 aliphatic heterocycles. The van der Waals surface area contributed by atoms with E-state index in [0.717, 1.165) is 29.9 Å². The Morgan fingerprint density at radius 2 is 2.08 bits per heavy atom. The Kier molecular flexibility index (Phi) is 6.35. The maximum absolute atomic E-state index is 12.9. The molecule has 0 radical (unpaired) electrons. The van der Waals surface area contributed by atoms with Crippen LogP contribution in [0.5, 0.6) is 0 Å². The number of nitriles is 1. The zero-order valence-electron chi connectivity index (χ0n) is 16.2. The molecule has 0 fully saturated rings. The maximum Gasteiger partial charge on any atom is 0.274 e. The van der Waals surface area contributed by atoms with E-state index in [1.54, 1.807) is 24.4 Å². The van der Waals surface area contributed by atoms with Gasteiger partial charge in [-0.15, -0.1) is 0 Å². The number of rotatable bonds is 5. The zero-order chi connectivity index (χ0) is 19.3. The van der Waals surface area contributed by atoms with Crippen LogP contribution in [0.25, 0.3) is 6.08 Å². The number of carbonyl (C=O) groups is 1. The average molecular weight is 350 g/mol. The van der Waals surface area contributed by atoms with Crippen LogP contribution in [0.4, 0.5) is 0 Å². The predicted octanol–water partition coefficient (Wildman–Crippen LogP) is 3.87. The van der Waals surface area contributed by atoms with Gasteiger partial charge in [0.05, 0.1) is 0 Å². The van der Waals surface area contributed by atoms with E-state index in [1.165, 1.54) is 4.57 Å². The second kappa shape index (κ2) is 8.48. The van der Waals surface area contributed by atoms with E-state index in [4.69, 9.17) is 0 Å². The monoisotopic (exact) mass is 350 g/mol. The Bertz CT molecular complexity index is 936. The number of aryl methyl sites for hydroxylation is 1. The van der Waals surface area contributed by atoms with E-state index in [1.807, 2.05) is 39.8 Å². The van der Waals surface area contributed by atoms with Crippen molar-refractivity contribution >= 4 is 12.0 Å². The van der Waals surface area contributed by atoms with E-state index in [9.17, 15) is 10.1 Å². The Balaban J connectivity index is 2.51. The van der Waals surface area contributed by atoms with Gasteiger partial charge in [-0.3, -0.25) is 14.4 Å². The van der Waals surface area contributed by atoms with Gasteiger partial charge in [0.15, 0.2) is 0 Å². The van der Waals surface area contributed by atoms with Crippen molar-refractivity contribution in [3.8, 4) is 6.07 Å². The highest BCUT2D eigenvalue weighted by Gasteiger charge is 2.14. The molecular weight excluding hydrogens is 324 g/mol. The van der Waals surface area contributed by atoms with E-state index in [0.29, 0.717) is 5.49 Å². The van der Waals surface area contributed by atoms with Gasteiger partial charge in [0, 0.05) is 30.2 Å². The number of hydrogen-bond acceptors (Lipinski definition) is 3. The number of aromatic nitrogens is 2. The number of hydrogen-bond donors (Lipinski definition) is 0. The average Bonchev–Trinajstić information content (AvgIpc) is 2.87. The third kappa shape index (κ3) is 4.20. The smallest absolute Gasteiger partial charge is 0.274 e. The van der Waals surface area contributed by atoms with Gasteiger partial charge in [-0.05, 0) is 64.0 Å². The predicted molar refractivity (Wildman–Crippen MR) is 104 cm³/mol. The van der Waals surface area contributed by atoms with Crippen LogP contribution in [-0.2, 0) is 6.54 Å². The van der Waals surface area contributed by atoms with Gasteiger partial charge >= 0.3 is 0 Å². The molecule has 0 spiro atoms. The van der Waals surface area contributed by atoms with Crippen LogP contribution in [-0.4, -0.2) is 21.1 Å². The van der Waals surface area contributed by atoms with E-state index < -0.39 is 0 Å². The molecule has 2 aromatic rings. The van der Waals surface area contributed by atoms with Gasteiger partial charge in [0.25, 0.3) is 5.91 Å². The highest BCUT2D eigenvalue weighted by atomic mass is 16.2. The summed E-state index contributed by atoms with van der Waals surface area (Å²) < 4.78 is 3.64. The summed E-state index contributed by atoms with van der Waals surface area (Å²) >= 11 is 0. The molecular formula is C21H26N4O. The van der Waals surface area contributed by atoms with Gasteiger partial charge < -0.3 is 4.57 Å². The molecule has 0 saturated carbocycles. The second-order valence-electron chi connectivity index (χ2n) is 6.60. The normalized spacial score (nSPS) is 12.5. The van der Waals surface area contributed by atoms with Crippen molar-refractivity contribution in [3.63, 3.8) is 0 Å². The minimum Gasteiger partial charge on any atom is -0.349 e. The molecule has 0 N–H and O–H groups in total. The minimum absolute atomic E-state index is 0.0546. The van der Waals surface area contributed by atoms with E-state index >= 15 is 0 Å². The SMILES string of the molecule is CCCn1c(C)cc(/C=C(\C#N)C(=O)n2ccccc2=NC(C)C)c1C. The first-order chi connectivity index (χ1) is 12.4. The summed E-state index contributed by atoms with van der Waals surface area (Å²) in [6, 6.07) is 9.50. The molecule has 2 rings (SSSR count). The van der Waals surface area contributed by atoms with Gasteiger partial charge in [-0.25, -0.2) is 0 Å². The highest BCUT2D eigenvalue weighted by molar-refractivity contribution is 6.03. The van der Waals surface area contributed by atoms with Crippen LogP contribution in [0.3, 0.4) is 0 Å². The van der Waals surface area contributed by atoms with Gasteiger partial charge in [0.1, 0.15) is 17.1 Å². The summed E-state index contributed by atoms with van der Waals surface area (Å²) in [6.45, 7) is 11.0. The van der Waals surface area contributed by atoms with Crippen molar-refractivity contribution in [3.05, 3.63) is 58.5 Å². The second-order valence-corrected chi connectivity index (χ2v) is 6.60. The largest absolute Gasteiger partial charge is 0.349 e. The summed E-state index contributed by atoms with van der Waals surface area (Å²) in [7, 11) is 0. The van der Waals surface area contributed by atoms with Crippen LogP contribution in [0, 0.1) is 25.2 Å². The third-order valence-corrected chi connectivity index (χ3v) is 4.16. The van der Waals surface area contributed by atoms with Crippen LogP contribution in [0.1, 0.15) is 48.9 Å². The minimum atomic E-state index is -0.368. The molecule has 0 aliphatic rings. The van der Waals surface area contributed by atoms with Gasteiger partial charge in [0.2, 0.25) is 0 Å². The molecule has 136 valence electrons. The maximum atomic E-state index is 12.9. The van der Waals surface area contributed by atoms with E-state index in [2.05, 4.69) is 22.6 Å². The van der Waals surface area contributed by atoms with Crippen molar-refractivity contribution in [2.24, 2.45) is 4.99 Å². The molecule has 0 aliphatic carbocycles. The van der Waals surface area contributed by atoms with Gasteiger partial charge in [-0.1, -0.05) is 13.0 Å². The summed E-state index contributed by atoms with van der Waals surface area (Å²) in [5, 5.41) is 9.57. The summed E-state index contributed by atoms with van der Waals surface area (Å²) in [6.07, 6.45) is 4.36. The number of carbonyl (C=O) groups excluding carboxylic acids is 1. The molecule has 0 amide bonds. The number of pyridine rings is 1. The van der Waals surface area contributed by atoms with Crippen molar-refractivity contribution < 1.29 is 4.79 Å². The first-order valence-electron chi connectivity index (χ1n) is 8.93. The molecule has 2 aromatic heterocycles. The molecule has 0 aromatic carbocycles.